The van der Waals surface area contributed by atoms with Crippen molar-refractivity contribution < 1.29 is 134 Å². The Morgan fingerprint density at radius 3 is 0.350 bits per heavy atom. The summed E-state index contributed by atoms with van der Waals surface area (Å²) in [5.41, 5.74) is -2.26. The molecule has 514 valence electrons. The van der Waals surface area contributed by atoms with Gasteiger partial charge in [0.2, 0.25) is 174 Å². The molecular formula is C70H30F24O6. The summed E-state index contributed by atoms with van der Waals surface area (Å²) >= 11 is 0. The highest BCUT2D eigenvalue weighted by atomic mass is 19.2. The lowest BCUT2D eigenvalue weighted by Crippen LogP contribution is -2.25. The van der Waals surface area contributed by atoms with Gasteiger partial charge in [0.1, 0.15) is 34.5 Å². The molecule has 0 aliphatic rings. The summed E-state index contributed by atoms with van der Waals surface area (Å²) in [6, 6.07) is 26.8. The second-order valence-corrected chi connectivity index (χ2v) is 21.5. The zero-order valence-corrected chi connectivity index (χ0v) is 49.4. The van der Waals surface area contributed by atoms with Crippen LogP contribution < -0.4 is 28.4 Å². The molecule has 0 radical (unpaired) electrons. The molecule has 11 aromatic carbocycles. The van der Waals surface area contributed by atoms with Gasteiger partial charge in [-0.25, -0.2) is 52.7 Å². The van der Waals surface area contributed by atoms with E-state index in [-0.39, 0.29) is 33.4 Å². The van der Waals surface area contributed by atoms with E-state index >= 15 is 17.6 Å². The topological polar surface area (TPSA) is 55.4 Å². The van der Waals surface area contributed by atoms with Crippen molar-refractivity contribution in [3.8, 4) is 69.0 Å². The van der Waals surface area contributed by atoms with Crippen LogP contribution in [0.25, 0.3) is 0 Å². The molecule has 0 spiro atoms. The number of hydrogen-bond acceptors (Lipinski definition) is 6. The molecule has 0 aliphatic heterocycles. The van der Waals surface area contributed by atoms with Crippen LogP contribution in [0.1, 0.15) is 47.2 Å². The molecule has 100 heavy (non-hydrogen) atoms. The lowest BCUT2D eigenvalue weighted by Gasteiger charge is -2.32. The fourth-order valence-electron chi connectivity index (χ4n) is 10.3. The van der Waals surface area contributed by atoms with Crippen molar-refractivity contribution in [1.29, 1.82) is 0 Å². The first-order chi connectivity index (χ1) is 47.3. The van der Waals surface area contributed by atoms with Gasteiger partial charge >= 0.3 is 0 Å². The van der Waals surface area contributed by atoms with E-state index in [0.717, 1.165) is 72.8 Å². The molecule has 0 fully saturated rings. The third kappa shape index (κ3) is 12.1. The maximum absolute atomic E-state index is 16.0. The first-order valence-corrected chi connectivity index (χ1v) is 27.9. The molecule has 0 aliphatic carbocycles. The summed E-state index contributed by atoms with van der Waals surface area (Å²) in [7, 11) is 0. The summed E-state index contributed by atoms with van der Waals surface area (Å²) in [4.78, 5) is 0. The molecular weight excluding hydrogens is 1390 g/mol. The van der Waals surface area contributed by atoms with Gasteiger partial charge in [-0.2, -0.15) is 52.7 Å². The molecule has 11 rings (SSSR count). The van der Waals surface area contributed by atoms with Crippen molar-refractivity contribution in [2.75, 3.05) is 0 Å². The average Bonchev–Trinajstić information content (AvgIpc) is 0.737. The Hall–Kier alpha value is -11.5. The third-order valence-electron chi connectivity index (χ3n) is 15.8. The van der Waals surface area contributed by atoms with Crippen molar-refractivity contribution in [3.05, 3.63) is 319 Å². The molecule has 30 heteroatoms. The summed E-state index contributed by atoms with van der Waals surface area (Å²) in [6.07, 6.45) is 0. The summed E-state index contributed by atoms with van der Waals surface area (Å²) in [5, 5.41) is 0. The Morgan fingerprint density at radius 1 is 0.150 bits per heavy atom. The van der Waals surface area contributed by atoms with Crippen molar-refractivity contribution in [3.63, 3.8) is 0 Å². The normalized spacial score (nSPS) is 11.7. The van der Waals surface area contributed by atoms with E-state index in [1.165, 1.54) is 86.6 Å². The van der Waals surface area contributed by atoms with E-state index in [0.29, 0.717) is 0 Å². The van der Waals surface area contributed by atoms with Crippen molar-refractivity contribution in [2.45, 2.75) is 24.7 Å². The van der Waals surface area contributed by atoms with Crippen LogP contribution >= 0.6 is 0 Å². The highest BCUT2D eigenvalue weighted by Gasteiger charge is 2.38. The minimum absolute atomic E-state index is 0.147. The van der Waals surface area contributed by atoms with Gasteiger partial charge in [0, 0.05) is 10.8 Å². The molecule has 0 bridgehead atoms. The first kappa shape index (κ1) is 69.9. The van der Waals surface area contributed by atoms with Crippen LogP contribution in [0, 0.1) is 140 Å². The molecule has 11 aromatic rings. The monoisotopic (exact) mass is 1420 g/mol. The summed E-state index contributed by atoms with van der Waals surface area (Å²) < 4.78 is 379. The third-order valence-corrected chi connectivity index (χ3v) is 15.8. The molecule has 0 aromatic heterocycles. The number of hydrogen-bond donors (Lipinski definition) is 0. The molecule has 0 unspecified atom stereocenters. The van der Waals surface area contributed by atoms with E-state index in [1.807, 2.05) is 0 Å². The second kappa shape index (κ2) is 26.8. The van der Waals surface area contributed by atoms with Gasteiger partial charge in [0.05, 0.1) is 0 Å². The smallest absolute Gasteiger partial charge is 0.208 e. The van der Waals surface area contributed by atoms with E-state index in [1.54, 1.807) is 0 Å². The maximum atomic E-state index is 16.0. The highest BCUT2D eigenvalue weighted by Crippen LogP contribution is 2.47. The Balaban J connectivity index is 0.881. The molecule has 0 saturated carbocycles. The summed E-state index contributed by atoms with van der Waals surface area (Å²) in [6.45, 7) is 2.94. The highest BCUT2D eigenvalue weighted by molar-refractivity contribution is 5.56. The lowest BCUT2D eigenvalue weighted by molar-refractivity contribution is 0.330. The minimum atomic E-state index is -2.48. The van der Waals surface area contributed by atoms with Crippen molar-refractivity contribution >= 4 is 0 Å². The molecule has 0 amide bonds. The predicted octanol–water partition coefficient (Wildman–Crippen LogP) is 22.5. The number of halogens is 24. The van der Waals surface area contributed by atoms with E-state index < -0.39 is 219 Å². The number of benzene rings is 11. The summed E-state index contributed by atoms with van der Waals surface area (Å²) in [5.74, 6) is -69.0. The van der Waals surface area contributed by atoms with E-state index in [9.17, 15) is 87.8 Å². The fraction of sp³-hybridized carbons (Fsp3) is 0.0571. The standard InChI is InChI=1S/C70H30F24O6/c1-69(27-3-15-33(16-4-27)95-63-51(83)43(75)39(71)44(76)52(63)84,28-5-17-34(18-6-28)96-64-53(85)45(77)40(72)46(78)54(64)86)31-11-23-37(24-12-31)99-67-59(91)61(93)68(62(94)60(67)92)100-38-25-13-32(14-26-38)70(2,29-7-19-35(20-8-29)97-65-55(87)47(79)41(73)48(80)56(65)88)30-9-21-36(22-10-30)98-66-57(89)49(81)42(74)50(82)58(66)90/h3-26H,1-2H3. The van der Waals surface area contributed by atoms with Gasteiger partial charge in [-0.05, 0) is 120 Å². The van der Waals surface area contributed by atoms with Crippen LogP contribution in [0.15, 0.2) is 146 Å². The Kier molecular flexibility index (Phi) is 18.7. The van der Waals surface area contributed by atoms with Crippen LogP contribution in [0.3, 0.4) is 0 Å². The van der Waals surface area contributed by atoms with Crippen LogP contribution in [0.2, 0.25) is 0 Å². The first-order valence-electron chi connectivity index (χ1n) is 27.9. The van der Waals surface area contributed by atoms with Crippen LogP contribution in [-0.4, -0.2) is 0 Å². The maximum Gasteiger partial charge on any atom is 0.208 e. The Labute approximate surface area is 544 Å². The molecule has 0 N–H and O–H groups in total. The zero-order valence-electron chi connectivity index (χ0n) is 49.4. The second-order valence-electron chi connectivity index (χ2n) is 21.5. The molecule has 0 saturated heterocycles. The largest absolute Gasteiger partial charge is 0.451 e. The van der Waals surface area contributed by atoms with Gasteiger partial charge in [0.15, 0.2) is 0 Å². The Morgan fingerprint density at radius 2 is 0.240 bits per heavy atom. The lowest BCUT2D eigenvalue weighted by atomic mass is 9.71. The molecule has 6 nitrogen and oxygen atoms in total. The van der Waals surface area contributed by atoms with E-state index in [4.69, 9.17) is 28.4 Å². The zero-order chi connectivity index (χ0) is 72.5. The minimum Gasteiger partial charge on any atom is -0.451 e. The fourth-order valence-corrected chi connectivity index (χ4v) is 10.3. The average molecular weight is 1420 g/mol. The molecule has 0 atom stereocenters. The van der Waals surface area contributed by atoms with Crippen molar-refractivity contribution in [2.24, 2.45) is 0 Å². The predicted molar refractivity (Wildman–Crippen MR) is 301 cm³/mol. The Bertz CT molecular complexity index is 4370. The van der Waals surface area contributed by atoms with Gasteiger partial charge in [0.25, 0.3) is 0 Å². The van der Waals surface area contributed by atoms with Crippen LogP contribution in [0.4, 0.5) is 105 Å². The number of rotatable bonds is 18. The van der Waals surface area contributed by atoms with Gasteiger partial charge in [-0.3, -0.25) is 0 Å². The van der Waals surface area contributed by atoms with Crippen molar-refractivity contribution in [1.82, 2.24) is 0 Å². The quantitative estimate of drug-likeness (QED) is 0.0369. The van der Waals surface area contributed by atoms with Gasteiger partial charge in [-0.1, -0.05) is 72.8 Å². The van der Waals surface area contributed by atoms with Gasteiger partial charge in [-0.15, -0.1) is 0 Å². The van der Waals surface area contributed by atoms with Crippen LogP contribution in [-0.2, 0) is 10.8 Å². The van der Waals surface area contributed by atoms with Crippen LogP contribution in [0.5, 0.6) is 69.0 Å². The number of ether oxygens (including phenoxy) is 6. The SMILES string of the molecule is CC(c1ccc(Oc2c(F)c(F)c(F)c(F)c2F)cc1)(c1ccc(Oc2c(F)c(F)c(F)c(F)c2F)cc1)c1ccc(Oc2c(F)c(F)c(Oc3ccc(C(C)(c4ccc(Oc5c(F)c(F)c(F)c(F)c5F)cc4)c4ccc(Oc5c(F)c(F)c(F)c(F)c5F)cc4)cc3)c(F)c2F)cc1. The van der Waals surface area contributed by atoms with Gasteiger partial charge < -0.3 is 28.4 Å². The van der Waals surface area contributed by atoms with E-state index in [2.05, 4.69) is 0 Å². The molecule has 0 heterocycles.